The summed E-state index contributed by atoms with van der Waals surface area (Å²) in [6, 6.07) is 7.87. The minimum absolute atomic E-state index is 0.204. The van der Waals surface area contributed by atoms with E-state index in [1.54, 1.807) is 6.92 Å². The molecule has 0 spiro atoms. The Morgan fingerprint density at radius 3 is 1.85 bits per heavy atom. The lowest BCUT2D eigenvalue weighted by Gasteiger charge is -2.09. The van der Waals surface area contributed by atoms with Crippen molar-refractivity contribution in [3.63, 3.8) is 0 Å². The highest BCUT2D eigenvalue weighted by molar-refractivity contribution is 5.75. The number of carbonyl (C=O) groups is 2. The molecule has 0 saturated carbocycles. The molecule has 3 nitrogen and oxygen atoms in total. The van der Waals surface area contributed by atoms with Gasteiger partial charge in [0.1, 0.15) is 6.29 Å². The first-order valence-corrected chi connectivity index (χ1v) is 7.04. The number of aliphatic carboxylic acids is 1. The van der Waals surface area contributed by atoms with Crippen molar-refractivity contribution in [1.29, 1.82) is 0 Å². The number of rotatable bonds is 5. The lowest BCUT2D eigenvalue weighted by molar-refractivity contribution is -0.138. The van der Waals surface area contributed by atoms with Crippen LogP contribution in [0.1, 0.15) is 51.7 Å². The molecule has 0 fully saturated rings. The van der Waals surface area contributed by atoms with Gasteiger partial charge < -0.3 is 9.90 Å². The fourth-order valence-electron chi connectivity index (χ4n) is 1.56. The van der Waals surface area contributed by atoms with Crippen LogP contribution in [0, 0.1) is 11.8 Å². The molecule has 1 aromatic carbocycles. The molecule has 0 bridgehead atoms. The molecular weight excluding hydrogens is 252 g/mol. The van der Waals surface area contributed by atoms with Crippen LogP contribution in [-0.4, -0.2) is 17.4 Å². The maximum atomic E-state index is 10.8. The number of carbonyl (C=O) groups excluding carboxylic acids is 1. The van der Waals surface area contributed by atoms with Crippen LogP contribution >= 0.6 is 0 Å². The Morgan fingerprint density at radius 2 is 1.55 bits per heavy atom. The number of aldehydes is 1. The van der Waals surface area contributed by atoms with E-state index >= 15 is 0 Å². The first-order chi connectivity index (χ1) is 9.27. The van der Waals surface area contributed by atoms with Crippen molar-refractivity contribution in [3.8, 4) is 0 Å². The van der Waals surface area contributed by atoms with Crippen molar-refractivity contribution < 1.29 is 14.7 Å². The summed E-state index contributed by atoms with van der Waals surface area (Å²) in [5.74, 6) is -0.354. The number of carboxylic acids is 1. The van der Waals surface area contributed by atoms with Crippen molar-refractivity contribution in [2.75, 3.05) is 0 Å². The number of carboxylic acid groups (broad SMARTS) is 1. The van der Waals surface area contributed by atoms with Gasteiger partial charge in [0.2, 0.25) is 0 Å². The molecule has 1 aromatic rings. The van der Waals surface area contributed by atoms with Gasteiger partial charge in [-0.15, -0.1) is 0 Å². The summed E-state index contributed by atoms with van der Waals surface area (Å²) in [7, 11) is 0. The van der Waals surface area contributed by atoms with E-state index in [1.165, 1.54) is 5.56 Å². The average Bonchev–Trinajstić information content (AvgIpc) is 2.38. The molecule has 0 saturated heterocycles. The normalized spacial score (nSPS) is 11.8. The van der Waals surface area contributed by atoms with Gasteiger partial charge in [-0.1, -0.05) is 52.0 Å². The summed E-state index contributed by atoms with van der Waals surface area (Å²) < 4.78 is 0. The van der Waals surface area contributed by atoms with Crippen LogP contribution in [0.4, 0.5) is 0 Å². The van der Waals surface area contributed by atoms with Gasteiger partial charge in [-0.05, 0) is 30.4 Å². The van der Waals surface area contributed by atoms with Gasteiger partial charge in [0.15, 0.2) is 0 Å². The maximum Gasteiger partial charge on any atom is 0.310 e. The van der Waals surface area contributed by atoms with E-state index in [2.05, 4.69) is 13.8 Å². The minimum atomic E-state index is -0.772. The minimum Gasteiger partial charge on any atom is -0.481 e. The van der Waals surface area contributed by atoms with E-state index in [1.807, 2.05) is 38.1 Å². The van der Waals surface area contributed by atoms with E-state index in [4.69, 9.17) is 5.11 Å². The zero-order valence-corrected chi connectivity index (χ0v) is 13.1. The van der Waals surface area contributed by atoms with Gasteiger partial charge in [-0.25, -0.2) is 0 Å². The molecule has 3 heteroatoms. The third-order valence-corrected chi connectivity index (χ3v) is 2.77. The number of hydrogen-bond acceptors (Lipinski definition) is 2. The zero-order valence-electron chi connectivity index (χ0n) is 13.1. The van der Waals surface area contributed by atoms with Crippen molar-refractivity contribution in [3.05, 3.63) is 35.4 Å². The van der Waals surface area contributed by atoms with Gasteiger partial charge in [0, 0.05) is 5.92 Å². The second-order valence-electron chi connectivity index (χ2n) is 5.78. The van der Waals surface area contributed by atoms with Gasteiger partial charge in [0.25, 0.3) is 0 Å². The fraction of sp³-hybridized carbons (Fsp3) is 0.529. The van der Waals surface area contributed by atoms with Crippen LogP contribution in [0.25, 0.3) is 0 Å². The molecule has 0 aromatic heterocycles. The highest BCUT2D eigenvalue weighted by Gasteiger charge is 2.12. The highest BCUT2D eigenvalue weighted by atomic mass is 16.4. The van der Waals surface area contributed by atoms with Gasteiger partial charge in [-0.2, -0.15) is 0 Å². The first kappa shape index (κ1) is 18.4. The fourth-order valence-corrected chi connectivity index (χ4v) is 1.56. The zero-order chi connectivity index (χ0) is 15.7. The molecule has 0 aliphatic carbocycles. The molecule has 0 aliphatic rings. The summed E-state index contributed by atoms with van der Waals surface area (Å²) in [6.07, 6.45) is 1.96. The molecule has 0 aliphatic heterocycles. The second-order valence-corrected chi connectivity index (χ2v) is 5.78. The Labute approximate surface area is 122 Å². The molecule has 20 heavy (non-hydrogen) atoms. The standard InChI is InChI=1S/C13H18O2.C4H8O/c1-9(2)8-11-4-6-12(7-5-11)10(3)13(14)15;1-4(2)3-5/h4-7,9-10H,8H2,1-3H3,(H,14,15);3-4H,1-2H3. The number of hydrogen-bond donors (Lipinski definition) is 1. The predicted molar refractivity (Wildman–Crippen MR) is 81.9 cm³/mol. The van der Waals surface area contributed by atoms with E-state index in [0.717, 1.165) is 18.3 Å². The Balaban J connectivity index is 0.000000621. The van der Waals surface area contributed by atoms with Crippen molar-refractivity contribution >= 4 is 12.3 Å². The van der Waals surface area contributed by atoms with E-state index < -0.39 is 11.9 Å². The van der Waals surface area contributed by atoms with Crippen LogP contribution in [0.3, 0.4) is 0 Å². The molecule has 1 atom stereocenters. The van der Waals surface area contributed by atoms with Crippen LogP contribution in [0.5, 0.6) is 0 Å². The van der Waals surface area contributed by atoms with Crippen LogP contribution in [-0.2, 0) is 16.0 Å². The van der Waals surface area contributed by atoms with Crippen LogP contribution < -0.4 is 0 Å². The Morgan fingerprint density at radius 1 is 1.10 bits per heavy atom. The van der Waals surface area contributed by atoms with Gasteiger partial charge >= 0.3 is 5.97 Å². The molecule has 1 rings (SSSR count). The highest BCUT2D eigenvalue weighted by Crippen LogP contribution is 2.17. The second kappa shape index (κ2) is 9.29. The lowest BCUT2D eigenvalue weighted by atomic mass is 9.97. The van der Waals surface area contributed by atoms with Crippen LogP contribution in [0.15, 0.2) is 24.3 Å². The molecule has 1 unspecified atom stereocenters. The summed E-state index contributed by atoms with van der Waals surface area (Å²) in [5.41, 5.74) is 2.14. The smallest absolute Gasteiger partial charge is 0.310 e. The monoisotopic (exact) mass is 278 g/mol. The van der Waals surface area contributed by atoms with Gasteiger partial charge in [0.05, 0.1) is 5.92 Å². The van der Waals surface area contributed by atoms with Crippen molar-refractivity contribution in [2.24, 2.45) is 11.8 Å². The Kier molecular flexibility index (Phi) is 8.53. The molecular formula is C17H26O3. The summed E-state index contributed by atoms with van der Waals surface area (Å²) >= 11 is 0. The van der Waals surface area contributed by atoms with E-state index in [-0.39, 0.29) is 5.92 Å². The predicted octanol–water partition coefficient (Wildman–Crippen LogP) is 3.91. The topological polar surface area (TPSA) is 54.4 Å². The van der Waals surface area contributed by atoms with Crippen molar-refractivity contribution in [1.82, 2.24) is 0 Å². The summed E-state index contributed by atoms with van der Waals surface area (Å²) in [6.45, 7) is 9.77. The van der Waals surface area contributed by atoms with E-state index in [0.29, 0.717) is 5.92 Å². The lowest BCUT2D eigenvalue weighted by Crippen LogP contribution is -2.07. The molecule has 0 amide bonds. The quantitative estimate of drug-likeness (QED) is 0.831. The third-order valence-electron chi connectivity index (χ3n) is 2.77. The van der Waals surface area contributed by atoms with Gasteiger partial charge in [-0.3, -0.25) is 4.79 Å². The summed E-state index contributed by atoms with van der Waals surface area (Å²) in [5, 5.41) is 8.85. The Hall–Kier alpha value is -1.64. The molecule has 112 valence electrons. The SMILES string of the molecule is CC(C)C=O.CC(C)Cc1ccc(C(C)C(=O)O)cc1. The van der Waals surface area contributed by atoms with Crippen LogP contribution in [0.2, 0.25) is 0 Å². The maximum absolute atomic E-state index is 10.8. The largest absolute Gasteiger partial charge is 0.481 e. The molecule has 0 radical (unpaired) electrons. The third kappa shape index (κ3) is 7.72. The van der Waals surface area contributed by atoms with E-state index in [9.17, 15) is 9.59 Å². The summed E-state index contributed by atoms with van der Waals surface area (Å²) in [4.78, 5) is 20.3. The van der Waals surface area contributed by atoms with Crippen molar-refractivity contribution in [2.45, 2.75) is 47.0 Å². The number of benzene rings is 1. The molecule has 1 N–H and O–H groups in total. The average molecular weight is 278 g/mol. The molecule has 0 heterocycles. The first-order valence-electron chi connectivity index (χ1n) is 7.04. The Bertz CT molecular complexity index is 405.